The highest BCUT2D eigenvalue weighted by molar-refractivity contribution is 7.99. The van der Waals surface area contributed by atoms with Gasteiger partial charge < -0.3 is 10.4 Å². The Balaban J connectivity index is 1.83. The molecule has 1 aromatic rings. The molecule has 108 valence electrons. The first-order chi connectivity index (χ1) is 9.68. The molecule has 0 heterocycles. The van der Waals surface area contributed by atoms with Gasteiger partial charge in [-0.1, -0.05) is 24.3 Å². The average Bonchev–Trinajstić information content (AvgIpc) is 2.45. The molecule has 1 atom stereocenters. The van der Waals surface area contributed by atoms with Crippen molar-refractivity contribution in [2.24, 2.45) is 0 Å². The number of hydrogen-bond donors (Lipinski definition) is 2. The number of carboxylic acid groups (broad SMARTS) is 1. The van der Waals surface area contributed by atoms with E-state index < -0.39 is 5.97 Å². The van der Waals surface area contributed by atoms with Gasteiger partial charge in [-0.05, 0) is 30.4 Å². The van der Waals surface area contributed by atoms with Crippen molar-refractivity contribution < 1.29 is 14.7 Å². The number of carbonyl (C=O) groups is 2. The highest BCUT2D eigenvalue weighted by Gasteiger charge is 2.25. The van der Waals surface area contributed by atoms with Crippen LogP contribution in [-0.2, 0) is 16.0 Å². The molecule has 1 aliphatic carbocycles. The zero-order chi connectivity index (χ0) is 14.4. The standard InChI is InChI=1S/C15H19NO3S/c17-14(18)10-20-9-8-16-15(19)13-7-3-5-11-4-1-2-6-12(11)13/h1-2,4,6,13H,3,5,7-10H2,(H,16,19)(H,17,18). The molecule has 20 heavy (non-hydrogen) atoms. The van der Waals surface area contributed by atoms with Gasteiger partial charge in [0.1, 0.15) is 0 Å². The lowest BCUT2D eigenvalue weighted by molar-refractivity contribution is -0.133. The Morgan fingerprint density at radius 1 is 1.35 bits per heavy atom. The lowest BCUT2D eigenvalue weighted by Crippen LogP contribution is -2.33. The Labute approximate surface area is 123 Å². The molecule has 0 saturated carbocycles. The SMILES string of the molecule is O=C(O)CSCCNC(=O)C1CCCc2ccccc21. The van der Waals surface area contributed by atoms with E-state index in [1.807, 2.05) is 18.2 Å². The highest BCUT2D eigenvalue weighted by atomic mass is 32.2. The number of thioether (sulfide) groups is 1. The van der Waals surface area contributed by atoms with Gasteiger partial charge in [0.15, 0.2) is 0 Å². The van der Waals surface area contributed by atoms with Crippen molar-refractivity contribution in [2.45, 2.75) is 25.2 Å². The second-order valence-corrected chi connectivity index (χ2v) is 5.99. The zero-order valence-corrected chi connectivity index (χ0v) is 12.1. The molecular weight excluding hydrogens is 274 g/mol. The van der Waals surface area contributed by atoms with Gasteiger partial charge in [0.05, 0.1) is 11.7 Å². The van der Waals surface area contributed by atoms with Gasteiger partial charge in [0, 0.05) is 12.3 Å². The topological polar surface area (TPSA) is 66.4 Å². The molecule has 2 rings (SSSR count). The third kappa shape index (κ3) is 4.00. The van der Waals surface area contributed by atoms with Crippen LogP contribution in [0.4, 0.5) is 0 Å². The molecule has 2 N–H and O–H groups in total. The second-order valence-electron chi connectivity index (χ2n) is 4.88. The van der Waals surface area contributed by atoms with Crippen LogP contribution in [0.2, 0.25) is 0 Å². The molecular formula is C15H19NO3S. The number of carbonyl (C=O) groups excluding carboxylic acids is 1. The number of amides is 1. The molecule has 0 radical (unpaired) electrons. The number of carboxylic acids is 1. The molecule has 4 nitrogen and oxygen atoms in total. The Hall–Kier alpha value is -1.49. The van der Waals surface area contributed by atoms with Gasteiger partial charge >= 0.3 is 5.97 Å². The highest BCUT2D eigenvalue weighted by Crippen LogP contribution is 2.31. The van der Waals surface area contributed by atoms with Crippen LogP contribution in [0.3, 0.4) is 0 Å². The summed E-state index contributed by atoms with van der Waals surface area (Å²) < 4.78 is 0. The molecule has 0 spiro atoms. The summed E-state index contributed by atoms with van der Waals surface area (Å²) >= 11 is 1.32. The summed E-state index contributed by atoms with van der Waals surface area (Å²) in [7, 11) is 0. The number of aliphatic carboxylic acids is 1. The molecule has 0 aromatic heterocycles. The second kappa shape index (κ2) is 7.33. The van der Waals surface area contributed by atoms with Crippen LogP contribution in [0.15, 0.2) is 24.3 Å². The summed E-state index contributed by atoms with van der Waals surface area (Å²) in [5.74, 6) is -0.0887. The predicted molar refractivity (Wildman–Crippen MR) is 80.1 cm³/mol. The lowest BCUT2D eigenvalue weighted by atomic mass is 9.82. The van der Waals surface area contributed by atoms with Gasteiger partial charge in [-0.2, -0.15) is 0 Å². The van der Waals surface area contributed by atoms with E-state index in [1.165, 1.54) is 17.3 Å². The lowest BCUT2D eigenvalue weighted by Gasteiger charge is -2.24. The van der Waals surface area contributed by atoms with E-state index in [4.69, 9.17) is 5.11 Å². The van der Waals surface area contributed by atoms with E-state index in [2.05, 4.69) is 11.4 Å². The van der Waals surface area contributed by atoms with Crippen LogP contribution < -0.4 is 5.32 Å². The normalized spacial score (nSPS) is 17.3. The minimum Gasteiger partial charge on any atom is -0.481 e. The largest absolute Gasteiger partial charge is 0.481 e. The fourth-order valence-corrected chi connectivity index (χ4v) is 3.12. The third-order valence-electron chi connectivity index (χ3n) is 3.46. The number of rotatable bonds is 6. The van der Waals surface area contributed by atoms with Crippen LogP contribution in [0, 0.1) is 0 Å². The van der Waals surface area contributed by atoms with Crippen molar-refractivity contribution in [3.63, 3.8) is 0 Å². The Bertz CT molecular complexity index is 490. The molecule has 0 aliphatic heterocycles. The smallest absolute Gasteiger partial charge is 0.313 e. The number of fused-ring (bicyclic) bond motifs is 1. The van der Waals surface area contributed by atoms with Gasteiger partial charge in [-0.15, -0.1) is 11.8 Å². The van der Waals surface area contributed by atoms with Gasteiger partial charge in [-0.3, -0.25) is 9.59 Å². The first-order valence-electron chi connectivity index (χ1n) is 6.83. The number of aryl methyl sites for hydroxylation is 1. The number of hydrogen-bond acceptors (Lipinski definition) is 3. The molecule has 1 aromatic carbocycles. The predicted octanol–water partition coefficient (Wildman–Crippen LogP) is 2.04. The van der Waals surface area contributed by atoms with Crippen LogP contribution in [-0.4, -0.2) is 35.0 Å². The van der Waals surface area contributed by atoms with Crippen LogP contribution in [0.1, 0.15) is 29.9 Å². The van der Waals surface area contributed by atoms with Crippen molar-refractivity contribution in [1.29, 1.82) is 0 Å². The van der Waals surface area contributed by atoms with Gasteiger partial charge in [-0.25, -0.2) is 0 Å². The fraction of sp³-hybridized carbons (Fsp3) is 0.467. The van der Waals surface area contributed by atoms with Crippen molar-refractivity contribution in [2.75, 3.05) is 18.1 Å². The molecule has 1 amide bonds. The summed E-state index contributed by atoms with van der Waals surface area (Å²) in [5, 5.41) is 11.4. The zero-order valence-electron chi connectivity index (χ0n) is 11.3. The van der Waals surface area contributed by atoms with Crippen molar-refractivity contribution >= 4 is 23.6 Å². The summed E-state index contributed by atoms with van der Waals surface area (Å²) in [5.41, 5.74) is 2.42. The monoisotopic (exact) mass is 293 g/mol. The van der Waals surface area contributed by atoms with E-state index in [-0.39, 0.29) is 17.6 Å². The molecule has 1 unspecified atom stereocenters. The van der Waals surface area contributed by atoms with Crippen LogP contribution in [0.5, 0.6) is 0 Å². The molecule has 0 bridgehead atoms. The summed E-state index contributed by atoms with van der Waals surface area (Å²) in [6.45, 7) is 0.523. The fourth-order valence-electron chi connectivity index (χ4n) is 2.56. The van der Waals surface area contributed by atoms with E-state index in [0.29, 0.717) is 12.3 Å². The van der Waals surface area contributed by atoms with E-state index >= 15 is 0 Å². The Morgan fingerprint density at radius 2 is 2.15 bits per heavy atom. The molecule has 0 saturated heterocycles. The number of benzene rings is 1. The van der Waals surface area contributed by atoms with Crippen molar-refractivity contribution in [3.05, 3.63) is 35.4 Å². The Kier molecular flexibility index (Phi) is 5.47. The Morgan fingerprint density at radius 3 is 2.95 bits per heavy atom. The van der Waals surface area contributed by atoms with Crippen LogP contribution >= 0.6 is 11.8 Å². The molecule has 1 aliphatic rings. The quantitative estimate of drug-likeness (QED) is 0.788. The number of nitrogens with one attached hydrogen (secondary N) is 1. The maximum Gasteiger partial charge on any atom is 0.313 e. The summed E-state index contributed by atoms with van der Waals surface area (Å²) in [6.07, 6.45) is 2.99. The van der Waals surface area contributed by atoms with E-state index in [9.17, 15) is 9.59 Å². The van der Waals surface area contributed by atoms with Crippen LogP contribution in [0.25, 0.3) is 0 Å². The maximum absolute atomic E-state index is 12.2. The minimum absolute atomic E-state index is 0.0515. The average molecular weight is 293 g/mol. The van der Waals surface area contributed by atoms with E-state index in [1.54, 1.807) is 0 Å². The van der Waals surface area contributed by atoms with Gasteiger partial charge in [0.25, 0.3) is 0 Å². The summed E-state index contributed by atoms with van der Waals surface area (Å²) in [6, 6.07) is 8.13. The van der Waals surface area contributed by atoms with Crippen molar-refractivity contribution in [1.82, 2.24) is 5.32 Å². The third-order valence-corrected chi connectivity index (χ3v) is 4.40. The molecule has 0 fully saturated rings. The first-order valence-corrected chi connectivity index (χ1v) is 7.99. The van der Waals surface area contributed by atoms with Gasteiger partial charge in [0.2, 0.25) is 5.91 Å². The maximum atomic E-state index is 12.2. The molecule has 5 heteroatoms. The van der Waals surface area contributed by atoms with E-state index in [0.717, 1.165) is 24.8 Å². The summed E-state index contributed by atoms with van der Waals surface area (Å²) in [4.78, 5) is 22.6. The first kappa shape index (κ1) is 14.9. The minimum atomic E-state index is -0.817. The van der Waals surface area contributed by atoms with Crippen molar-refractivity contribution in [3.8, 4) is 0 Å².